The first-order valence-electron chi connectivity index (χ1n) is 7.74. The summed E-state index contributed by atoms with van der Waals surface area (Å²) in [5.41, 5.74) is 1.18. The van der Waals surface area contributed by atoms with Gasteiger partial charge in [-0.25, -0.2) is 0 Å². The minimum absolute atomic E-state index is 0.0695. The van der Waals surface area contributed by atoms with Gasteiger partial charge in [0.25, 0.3) is 11.6 Å². The van der Waals surface area contributed by atoms with Gasteiger partial charge in [-0.3, -0.25) is 14.9 Å². The number of nitriles is 1. The molecule has 0 atom stereocenters. The van der Waals surface area contributed by atoms with Crippen LogP contribution >= 0.6 is 15.9 Å². The SMILES string of the molecule is CCn1c(NC(=O)c2ccc(Br)cc2)c(C#N)c2ccc([N+](=O)[O-])cc21. The van der Waals surface area contributed by atoms with Gasteiger partial charge in [-0.2, -0.15) is 5.26 Å². The van der Waals surface area contributed by atoms with Gasteiger partial charge in [0, 0.05) is 34.1 Å². The highest BCUT2D eigenvalue weighted by atomic mass is 79.9. The first-order valence-corrected chi connectivity index (χ1v) is 8.53. The summed E-state index contributed by atoms with van der Waals surface area (Å²) in [7, 11) is 0. The highest BCUT2D eigenvalue weighted by Gasteiger charge is 2.21. The summed E-state index contributed by atoms with van der Waals surface area (Å²) in [5.74, 6) is -0.0283. The zero-order chi connectivity index (χ0) is 18.8. The van der Waals surface area contributed by atoms with Gasteiger partial charge in [-0.15, -0.1) is 0 Å². The highest BCUT2D eigenvalue weighted by Crippen LogP contribution is 2.32. The number of nitro groups is 1. The van der Waals surface area contributed by atoms with E-state index >= 15 is 0 Å². The van der Waals surface area contributed by atoms with Gasteiger partial charge >= 0.3 is 0 Å². The number of non-ortho nitro benzene ring substituents is 1. The zero-order valence-corrected chi connectivity index (χ0v) is 15.3. The molecule has 0 bridgehead atoms. The number of rotatable bonds is 4. The monoisotopic (exact) mass is 412 g/mol. The molecule has 1 heterocycles. The summed E-state index contributed by atoms with van der Waals surface area (Å²) in [6.45, 7) is 2.28. The molecule has 3 rings (SSSR count). The first kappa shape index (κ1) is 17.6. The minimum atomic E-state index is -0.488. The summed E-state index contributed by atoms with van der Waals surface area (Å²) in [5, 5.41) is 24.0. The Balaban J connectivity index is 2.12. The number of halogens is 1. The Morgan fingerprint density at radius 1 is 1.31 bits per heavy atom. The van der Waals surface area contributed by atoms with Gasteiger partial charge < -0.3 is 9.88 Å². The Hall–Kier alpha value is -3.18. The van der Waals surface area contributed by atoms with Crippen LogP contribution in [0.1, 0.15) is 22.8 Å². The molecule has 0 saturated heterocycles. The number of amides is 1. The fourth-order valence-electron chi connectivity index (χ4n) is 2.80. The third-order valence-electron chi connectivity index (χ3n) is 4.03. The van der Waals surface area contributed by atoms with Crippen LogP contribution in [0.25, 0.3) is 10.9 Å². The minimum Gasteiger partial charge on any atom is -0.326 e. The molecule has 0 aliphatic carbocycles. The van der Waals surface area contributed by atoms with Crippen molar-refractivity contribution in [2.45, 2.75) is 13.5 Å². The summed E-state index contributed by atoms with van der Waals surface area (Å²) in [6, 6.07) is 13.2. The second kappa shape index (κ2) is 6.98. The highest BCUT2D eigenvalue weighted by molar-refractivity contribution is 9.10. The van der Waals surface area contributed by atoms with E-state index in [0.29, 0.717) is 28.8 Å². The van der Waals surface area contributed by atoms with Crippen LogP contribution in [0.3, 0.4) is 0 Å². The molecule has 0 aliphatic heterocycles. The van der Waals surface area contributed by atoms with Crippen molar-refractivity contribution in [3.63, 3.8) is 0 Å². The number of benzene rings is 2. The van der Waals surface area contributed by atoms with E-state index in [1.807, 2.05) is 6.92 Å². The smallest absolute Gasteiger partial charge is 0.271 e. The average Bonchev–Trinajstić information content (AvgIpc) is 2.93. The molecule has 0 saturated carbocycles. The van der Waals surface area contributed by atoms with Crippen LogP contribution in [0, 0.1) is 21.4 Å². The van der Waals surface area contributed by atoms with Gasteiger partial charge in [0.1, 0.15) is 17.5 Å². The second-order valence-corrected chi connectivity index (χ2v) is 6.41. The van der Waals surface area contributed by atoms with Gasteiger partial charge in [-0.05, 0) is 37.3 Å². The maximum absolute atomic E-state index is 12.6. The van der Waals surface area contributed by atoms with Crippen molar-refractivity contribution >= 4 is 44.2 Å². The zero-order valence-electron chi connectivity index (χ0n) is 13.7. The van der Waals surface area contributed by atoms with Crippen molar-refractivity contribution in [1.82, 2.24) is 4.57 Å². The summed E-state index contributed by atoms with van der Waals surface area (Å²) in [6.07, 6.45) is 0. The molecular weight excluding hydrogens is 400 g/mol. The maximum Gasteiger partial charge on any atom is 0.271 e. The van der Waals surface area contributed by atoms with E-state index in [1.165, 1.54) is 18.2 Å². The molecule has 1 aromatic heterocycles. The number of aryl methyl sites for hydroxylation is 1. The Kier molecular flexibility index (Phi) is 4.73. The molecule has 0 unspecified atom stereocenters. The van der Waals surface area contributed by atoms with Crippen LogP contribution in [-0.2, 0) is 6.54 Å². The predicted octanol–water partition coefficient (Wildman–Crippen LogP) is 4.46. The van der Waals surface area contributed by atoms with E-state index in [4.69, 9.17) is 0 Å². The van der Waals surface area contributed by atoms with Crippen molar-refractivity contribution in [2.24, 2.45) is 0 Å². The van der Waals surface area contributed by atoms with E-state index in [-0.39, 0.29) is 17.2 Å². The Morgan fingerprint density at radius 3 is 2.58 bits per heavy atom. The molecule has 26 heavy (non-hydrogen) atoms. The Morgan fingerprint density at radius 2 is 2.00 bits per heavy atom. The van der Waals surface area contributed by atoms with E-state index in [9.17, 15) is 20.2 Å². The van der Waals surface area contributed by atoms with Crippen LogP contribution in [0.5, 0.6) is 0 Å². The van der Waals surface area contributed by atoms with Crippen molar-refractivity contribution < 1.29 is 9.72 Å². The van der Waals surface area contributed by atoms with Crippen molar-refractivity contribution in [3.05, 3.63) is 68.2 Å². The molecule has 1 amide bonds. The molecule has 7 nitrogen and oxygen atoms in total. The van der Waals surface area contributed by atoms with Crippen molar-refractivity contribution in [3.8, 4) is 6.07 Å². The molecule has 0 fully saturated rings. The lowest BCUT2D eigenvalue weighted by molar-refractivity contribution is -0.384. The molecule has 130 valence electrons. The number of anilines is 1. The lowest BCUT2D eigenvalue weighted by Crippen LogP contribution is -2.15. The molecule has 0 aliphatic rings. The number of nitrogens with zero attached hydrogens (tertiary/aromatic N) is 3. The summed E-state index contributed by atoms with van der Waals surface area (Å²) in [4.78, 5) is 23.1. The number of fused-ring (bicyclic) bond motifs is 1. The number of carbonyl (C=O) groups excluding carboxylic acids is 1. The summed E-state index contributed by atoms with van der Waals surface area (Å²) >= 11 is 3.31. The molecular formula is C18H13BrN4O3. The Bertz CT molecular complexity index is 1060. The molecule has 8 heteroatoms. The number of hydrogen-bond donors (Lipinski definition) is 1. The number of nitro benzene ring substituents is 1. The van der Waals surface area contributed by atoms with Crippen LogP contribution in [0.4, 0.5) is 11.5 Å². The molecule has 3 aromatic rings. The maximum atomic E-state index is 12.6. The predicted molar refractivity (Wildman–Crippen MR) is 101 cm³/mol. The fourth-order valence-corrected chi connectivity index (χ4v) is 3.07. The van der Waals surface area contributed by atoms with E-state index in [0.717, 1.165) is 4.47 Å². The Labute approximate surface area is 157 Å². The third kappa shape index (κ3) is 3.05. The van der Waals surface area contributed by atoms with Crippen LogP contribution < -0.4 is 5.32 Å². The van der Waals surface area contributed by atoms with Gasteiger partial charge in [0.05, 0.1) is 10.4 Å². The largest absolute Gasteiger partial charge is 0.326 e. The second-order valence-electron chi connectivity index (χ2n) is 5.50. The molecule has 0 radical (unpaired) electrons. The van der Waals surface area contributed by atoms with E-state index in [2.05, 4.69) is 27.3 Å². The molecule has 0 spiro atoms. The molecule has 1 N–H and O–H groups in total. The van der Waals surface area contributed by atoms with E-state index < -0.39 is 4.92 Å². The van der Waals surface area contributed by atoms with Gasteiger partial charge in [0.15, 0.2) is 0 Å². The normalized spacial score (nSPS) is 10.5. The van der Waals surface area contributed by atoms with E-state index in [1.54, 1.807) is 28.8 Å². The first-order chi connectivity index (χ1) is 12.5. The van der Waals surface area contributed by atoms with Crippen molar-refractivity contribution in [2.75, 3.05) is 5.32 Å². The average molecular weight is 413 g/mol. The van der Waals surface area contributed by atoms with Crippen LogP contribution in [-0.4, -0.2) is 15.4 Å². The number of carbonyl (C=O) groups is 1. The fraction of sp³-hybridized carbons (Fsp3) is 0.111. The standard InChI is InChI=1S/C18H13BrN4O3/c1-2-22-16-9-13(23(25)26)7-8-14(16)15(10-20)17(22)21-18(24)11-3-5-12(19)6-4-11/h3-9H,2H2,1H3,(H,21,24). The molecule has 2 aromatic carbocycles. The summed E-state index contributed by atoms with van der Waals surface area (Å²) < 4.78 is 2.54. The topological polar surface area (TPSA) is 101 Å². The van der Waals surface area contributed by atoms with Crippen LogP contribution in [0.15, 0.2) is 46.9 Å². The quantitative estimate of drug-likeness (QED) is 0.504. The van der Waals surface area contributed by atoms with Gasteiger partial charge in [-0.1, -0.05) is 15.9 Å². The number of hydrogen-bond acceptors (Lipinski definition) is 4. The number of nitrogens with one attached hydrogen (secondary N) is 1. The third-order valence-corrected chi connectivity index (χ3v) is 4.55. The lowest BCUT2D eigenvalue weighted by Gasteiger charge is -2.10. The van der Waals surface area contributed by atoms with Crippen molar-refractivity contribution in [1.29, 1.82) is 5.26 Å². The van der Waals surface area contributed by atoms with Gasteiger partial charge in [0.2, 0.25) is 0 Å². The lowest BCUT2D eigenvalue weighted by atomic mass is 10.1. The van der Waals surface area contributed by atoms with Crippen LogP contribution in [0.2, 0.25) is 0 Å². The number of aromatic nitrogens is 1.